The van der Waals surface area contributed by atoms with Crippen LogP contribution >= 0.6 is 0 Å². The predicted octanol–water partition coefficient (Wildman–Crippen LogP) is 4.47. The summed E-state index contributed by atoms with van der Waals surface area (Å²) in [7, 11) is -3.59. The van der Waals surface area contributed by atoms with Crippen LogP contribution in [0.5, 0.6) is 0 Å². The number of hydrogen-bond donors (Lipinski definition) is 2. The van der Waals surface area contributed by atoms with Crippen molar-refractivity contribution in [1.82, 2.24) is 9.62 Å². The number of nitrogens with one attached hydrogen (secondary N) is 2. The molecule has 0 aliphatic rings. The summed E-state index contributed by atoms with van der Waals surface area (Å²) in [6.07, 6.45) is 0. The fraction of sp³-hybridized carbons (Fsp3) is 0.320. The second-order valence-corrected chi connectivity index (χ2v) is 9.72. The van der Waals surface area contributed by atoms with Crippen molar-refractivity contribution in [2.75, 3.05) is 25.0 Å². The van der Waals surface area contributed by atoms with E-state index in [4.69, 9.17) is 0 Å². The van der Waals surface area contributed by atoms with Crippen LogP contribution in [0, 0.1) is 6.92 Å². The van der Waals surface area contributed by atoms with Gasteiger partial charge in [0.1, 0.15) is 0 Å². The van der Waals surface area contributed by atoms with Gasteiger partial charge in [-0.2, -0.15) is 4.31 Å². The lowest BCUT2D eigenvalue weighted by molar-refractivity contribution is -0.115. The smallest absolute Gasteiger partial charge is 0.243 e. The van der Waals surface area contributed by atoms with E-state index in [1.54, 1.807) is 26.0 Å². The largest absolute Gasteiger partial charge is 0.325 e. The lowest BCUT2D eigenvalue weighted by atomic mass is 10.00. The highest BCUT2D eigenvalue weighted by Crippen LogP contribution is 2.25. The highest BCUT2D eigenvalue weighted by molar-refractivity contribution is 7.89. The highest BCUT2D eigenvalue weighted by atomic mass is 32.2. The Morgan fingerprint density at radius 2 is 1.69 bits per heavy atom. The Labute approximate surface area is 190 Å². The Bertz CT molecular complexity index is 1200. The van der Waals surface area contributed by atoms with Crippen LogP contribution in [-0.4, -0.2) is 38.3 Å². The summed E-state index contributed by atoms with van der Waals surface area (Å²) in [5.41, 5.74) is 2.43. The average molecular weight is 454 g/mol. The summed E-state index contributed by atoms with van der Waals surface area (Å²) in [5.74, 6) is -0.224. The van der Waals surface area contributed by atoms with Gasteiger partial charge in [-0.15, -0.1) is 0 Å². The molecule has 0 radical (unpaired) electrons. The summed E-state index contributed by atoms with van der Waals surface area (Å²) in [6.45, 7) is 8.38. The number of carbonyl (C=O) groups excluding carboxylic acids is 1. The molecule has 32 heavy (non-hydrogen) atoms. The molecule has 0 heterocycles. The van der Waals surface area contributed by atoms with E-state index in [9.17, 15) is 13.2 Å². The topological polar surface area (TPSA) is 78.5 Å². The van der Waals surface area contributed by atoms with Gasteiger partial charge in [0, 0.05) is 24.8 Å². The van der Waals surface area contributed by atoms with Crippen LogP contribution in [0.25, 0.3) is 10.8 Å². The van der Waals surface area contributed by atoms with Crippen molar-refractivity contribution in [1.29, 1.82) is 0 Å². The maximum absolute atomic E-state index is 12.8. The van der Waals surface area contributed by atoms with Gasteiger partial charge in [-0.05, 0) is 47.9 Å². The molecule has 3 aromatic rings. The second-order valence-electron chi connectivity index (χ2n) is 7.79. The molecule has 0 unspecified atom stereocenters. The minimum absolute atomic E-state index is 0.0256. The molecule has 1 atom stereocenters. The van der Waals surface area contributed by atoms with Gasteiger partial charge in [0.15, 0.2) is 0 Å². The van der Waals surface area contributed by atoms with E-state index in [2.05, 4.69) is 34.9 Å². The summed E-state index contributed by atoms with van der Waals surface area (Å²) in [6, 6.07) is 19.1. The molecule has 1 amide bonds. The van der Waals surface area contributed by atoms with Crippen LogP contribution in [0.3, 0.4) is 0 Å². The van der Waals surface area contributed by atoms with Crippen molar-refractivity contribution in [3.8, 4) is 0 Å². The molecule has 0 aromatic heterocycles. The maximum atomic E-state index is 12.8. The molecular weight excluding hydrogens is 422 g/mol. The zero-order valence-electron chi connectivity index (χ0n) is 19.1. The van der Waals surface area contributed by atoms with Crippen molar-refractivity contribution < 1.29 is 13.2 Å². The van der Waals surface area contributed by atoms with Crippen molar-refractivity contribution in [2.45, 2.75) is 38.6 Å². The zero-order valence-corrected chi connectivity index (χ0v) is 19.9. The van der Waals surface area contributed by atoms with Crippen molar-refractivity contribution in [3.63, 3.8) is 0 Å². The first-order valence-corrected chi connectivity index (χ1v) is 12.3. The van der Waals surface area contributed by atoms with Gasteiger partial charge < -0.3 is 10.6 Å². The van der Waals surface area contributed by atoms with Gasteiger partial charge in [-0.1, -0.05) is 62.4 Å². The number of benzene rings is 3. The number of hydrogen-bond acceptors (Lipinski definition) is 4. The minimum Gasteiger partial charge on any atom is -0.325 e. The normalized spacial score (nSPS) is 12.8. The average Bonchev–Trinajstić information content (AvgIpc) is 2.79. The Hall–Kier alpha value is -2.74. The first kappa shape index (κ1) is 23.9. The first-order chi connectivity index (χ1) is 15.3. The molecule has 0 spiro atoms. The number of fused-ring (bicyclic) bond motifs is 1. The van der Waals surface area contributed by atoms with Crippen molar-refractivity contribution in [3.05, 3.63) is 71.8 Å². The number of nitrogens with zero attached hydrogens (tertiary/aromatic N) is 1. The van der Waals surface area contributed by atoms with Gasteiger partial charge >= 0.3 is 0 Å². The molecule has 2 N–H and O–H groups in total. The third-order valence-electron chi connectivity index (χ3n) is 5.68. The molecule has 0 aliphatic carbocycles. The molecule has 7 heteroatoms. The van der Waals surface area contributed by atoms with Crippen LogP contribution in [0.1, 0.15) is 37.9 Å². The molecule has 6 nitrogen and oxygen atoms in total. The van der Waals surface area contributed by atoms with Crippen LogP contribution < -0.4 is 10.6 Å². The number of amides is 1. The van der Waals surface area contributed by atoms with E-state index in [0.29, 0.717) is 18.8 Å². The van der Waals surface area contributed by atoms with Gasteiger partial charge in [0.25, 0.3) is 0 Å². The van der Waals surface area contributed by atoms with Crippen LogP contribution in [0.2, 0.25) is 0 Å². The lowest BCUT2D eigenvalue weighted by Crippen LogP contribution is -2.31. The quantitative estimate of drug-likeness (QED) is 0.501. The summed E-state index contributed by atoms with van der Waals surface area (Å²) in [4.78, 5) is 12.8. The third-order valence-corrected chi connectivity index (χ3v) is 7.73. The maximum Gasteiger partial charge on any atom is 0.243 e. The van der Waals surface area contributed by atoms with Crippen molar-refractivity contribution >= 4 is 32.4 Å². The summed E-state index contributed by atoms with van der Waals surface area (Å²) >= 11 is 0. The molecule has 3 aromatic carbocycles. The molecule has 0 saturated heterocycles. The van der Waals surface area contributed by atoms with E-state index >= 15 is 0 Å². The fourth-order valence-corrected chi connectivity index (χ4v) is 5.27. The monoisotopic (exact) mass is 453 g/mol. The van der Waals surface area contributed by atoms with Crippen LogP contribution in [0.15, 0.2) is 65.6 Å². The number of sulfonamides is 1. The molecule has 0 bridgehead atoms. The van der Waals surface area contributed by atoms with E-state index in [1.165, 1.54) is 10.4 Å². The Kier molecular flexibility index (Phi) is 7.66. The Morgan fingerprint density at radius 3 is 2.41 bits per heavy atom. The van der Waals surface area contributed by atoms with Gasteiger partial charge in [0.2, 0.25) is 15.9 Å². The first-order valence-electron chi connectivity index (χ1n) is 10.9. The van der Waals surface area contributed by atoms with E-state index in [1.807, 2.05) is 32.0 Å². The number of anilines is 1. The summed E-state index contributed by atoms with van der Waals surface area (Å²) in [5, 5.41) is 8.44. The minimum atomic E-state index is -3.59. The molecular formula is C25H31N3O3S. The molecule has 3 rings (SSSR count). The SMILES string of the molecule is CCN(CC)S(=O)(=O)c1ccc(C)c(NC(=O)CN[C@@H](C)c2cccc3ccccc23)c1. The van der Waals surface area contributed by atoms with Gasteiger partial charge in [-0.3, -0.25) is 4.79 Å². The standard InChI is InChI=1S/C25H31N3O3S/c1-5-28(6-2)32(30,31)21-15-14-18(3)24(16-21)27-25(29)17-26-19(4)22-13-9-11-20-10-7-8-12-23(20)22/h7-16,19,26H,5-6,17H2,1-4H3,(H,27,29)/t19-/m0/s1. The van der Waals surface area contributed by atoms with E-state index < -0.39 is 10.0 Å². The second kappa shape index (κ2) is 10.3. The molecule has 0 aliphatic heterocycles. The van der Waals surface area contributed by atoms with Gasteiger partial charge in [0.05, 0.1) is 11.4 Å². The number of rotatable bonds is 9. The number of aryl methyl sites for hydroxylation is 1. The molecule has 0 saturated carbocycles. The molecule has 170 valence electrons. The lowest BCUT2D eigenvalue weighted by Gasteiger charge is -2.20. The van der Waals surface area contributed by atoms with E-state index in [0.717, 1.165) is 21.9 Å². The third kappa shape index (κ3) is 5.18. The highest BCUT2D eigenvalue weighted by Gasteiger charge is 2.22. The Balaban J connectivity index is 1.71. The summed E-state index contributed by atoms with van der Waals surface area (Å²) < 4.78 is 27.0. The number of carbonyl (C=O) groups is 1. The van der Waals surface area contributed by atoms with E-state index in [-0.39, 0.29) is 23.4 Å². The van der Waals surface area contributed by atoms with Crippen molar-refractivity contribution in [2.24, 2.45) is 0 Å². The van der Waals surface area contributed by atoms with Crippen LogP contribution in [0.4, 0.5) is 5.69 Å². The fourth-order valence-electron chi connectivity index (χ4n) is 3.79. The van der Waals surface area contributed by atoms with Gasteiger partial charge in [-0.25, -0.2) is 8.42 Å². The van der Waals surface area contributed by atoms with Crippen LogP contribution in [-0.2, 0) is 14.8 Å². The Morgan fingerprint density at radius 1 is 1.00 bits per heavy atom. The predicted molar refractivity (Wildman–Crippen MR) is 130 cm³/mol. The zero-order chi connectivity index (χ0) is 23.3. The molecule has 0 fully saturated rings.